The molecule has 0 bridgehead atoms. The van der Waals surface area contributed by atoms with E-state index in [0.717, 1.165) is 4.68 Å². The normalized spacial score (nSPS) is 11.5. The van der Waals surface area contributed by atoms with E-state index in [0.29, 0.717) is 11.5 Å². The number of rotatable bonds is 4. The fourth-order valence-corrected chi connectivity index (χ4v) is 2.19. The van der Waals surface area contributed by atoms with Gasteiger partial charge in [-0.05, 0) is 24.6 Å². The zero-order valence-electron chi connectivity index (χ0n) is 12.4. The Morgan fingerprint density at radius 3 is 2.32 bits per heavy atom. The van der Waals surface area contributed by atoms with Crippen LogP contribution in [-0.2, 0) is 12.7 Å². The van der Waals surface area contributed by atoms with Gasteiger partial charge in [-0.2, -0.15) is 18.3 Å². The van der Waals surface area contributed by atoms with Crippen molar-refractivity contribution in [1.82, 2.24) is 9.78 Å². The summed E-state index contributed by atoms with van der Waals surface area (Å²) in [6.07, 6.45) is -4.60. The summed E-state index contributed by atoms with van der Waals surface area (Å²) in [6.45, 7) is 1.91. The number of hydrogen-bond acceptors (Lipinski definition) is 4. The van der Waals surface area contributed by atoms with Gasteiger partial charge in [-0.3, -0.25) is 0 Å². The Hall–Kier alpha value is -2.38. The Kier molecular flexibility index (Phi) is 4.20. The summed E-state index contributed by atoms with van der Waals surface area (Å²) < 4.78 is 50.9. The van der Waals surface area contributed by atoms with E-state index in [2.05, 4.69) is 5.10 Å². The maximum atomic E-state index is 13.2. The van der Waals surface area contributed by atoms with Crippen molar-refractivity contribution in [1.29, 1.82) is 0 Å². The van der Waals surface area contributed by atoms with Gasteiger partial charge in [-0.15, -0.1) is 0 Å². The van der Waals surface area contributed by atoms with Crippen molar-refractivity contribution in [3.8, 4) is 22.6 Å². The quantitative estimate of drug-likeness (QED) is 0.941. The van der Waals surface area contributed by atoms with E-state index in [4.69, 9.17) is 15.2 Å². The van der Waals surface area contributed by atoms with Crippen molar-refractivity contribution in [3.63, 3.8) is 0 Å². The van der Waals surface area contributed by atoms with E-state index in [1.54, 1.807) is 6.92 Å². The van der Waals surface area contributed by atoms with Gasteiger partial charge in [-0.1, -0.05) is 6.07 Å². The van der Waals surface area contributed by atoms with Gasteiger partial charge in [0.15, 0.2) is 17.2 Å². The number of alkyl halides is 3. The topological polar surface area (TPSA) is 62.3 Å². The third kappa shape index (κ3) is 2.68. The molecule has 5 nitrogen and oxygen atoms in total. The van der Waals surface area contributed by atoms with E-state index in [1.165, 1.54) is 32.4 Å². The molecule has 2 rings (SSSR count). The van der Waals surface area contributed by atoms with Crippen LogP contribution in [0, 0.1) is 0 Å². The summed E-state index contributed by atoms with van der Waals surface area (Å²) in [4.78, 5) is 0. The number of methoxy groups -OCH3 is 2. The number of anilines is 1. The van der Waals surface area contributed by atoms with Gasteiger partial charge in [0, 0.05) is 6.54 Å². The standard InChI is InChI=1S/C14H16F3N3O2/c1-4-20-13(18)11(12(19-20)14(15,16)17)8-5-6-9(21-2)10(7-8)22-3/h5-7H,4,18H2,1-3H3. The Bertz CT molecular complexity index is 681. The van der Waals surface area contributed by atoms with Crippen molar-refractivity contribution in [2.45, 2.75) is 19.6 Å². The molecule has 22 heavy (non-hydrogen) atoms. The Balaban J connectivity index is 2.68. The fourth-order valence-electron chi connectivity index (χ4n) is 2.19. The minimum Gasteiger partial charge on any atom is -0.493 e. The van der Waals surface area contributed by atoms with Crippen LogP contribution >= 0.6 is 0 Å². The molecule has 0 aliphatic carbocycles. The summed E-state index contributed by atoms with van der Waals surface area (Å²) >= 11 is 0. The highest BCUT2D eigenvalue weighted by Crippen LogP contribution is 2.42. The van der Waals surface area contributed by atoms with Crippen LogP contribution < -0.4 is 15.2 Å². The second-order valence-electron chi connectivity index (χ2n) is 4.49. The van der Waals surface area contributed by atoms with Crippen LogP contribution in [0.1, 0.15) is 12.6 Å². The predicted octanol–water partition coefficient (Wildman–Crippen LogP) is 3.19. The van der Waals surface area contributed by atoms with E-state index in [1.807, 2.05) is 0 Å². The molecule has 0 spiro atoms. The van der Waals surface area contributed by atoms with E-state index >= 15 is 0 Å². The molecule has 1 aromatic heterocycles. The molecule has 0 aliphatic heterocycles. The highest BCUT2D eigenvalue weighted by atomic mass is 19.4. The number of hydrogen-bond donors (Lipinski definition) is 1. The van der Waals surface area contributed by atoms with Crippen molar-refractivity contribution < 1.29 is 22.6 Å². The molecule has 1 heterocycles. The summed E-state index contributed by atoms with van der Waals surface area (Å²) in [5.41, 5.74) is 4.93. The lowest BCUT2D eigenvalue weighted by atomic mass is 10.0. The molecule has 0 unspecified atom stereocenters. The van der Waals surface area contributed by atoms with Crippen molar-refractivity contribution >= 4 is 5.82 Å². The van der Waals surface area contributed by atoms with Gasteiger partial charge in [0.2, 0.25) is 0 Å². The number of nitrogens with zero attached hydrogens (tertiary/aromatic N) is 2. The van der Waals surface area contributed by atoms with Gasteiger partial charge >= 0.3 is 6.18 Å². The molecule has 120 valence electrons. The average molecular weight is 315 g/mol. The highest BCUT2D eigenvalue weighted by molar-refractivity contribution is 5.78. The number of ether oxygens (including phenoxy) is 2. The van der Waals surface area contributed by atoms with Crippen LogP contribution in [0.3, 0.4) is 0 Å². The third-order valence-electron chi connectivity index (χ3n) is 3.23. The smallest absolute Gasteiger partial charge is 0.435 e. The first-order valence-corrected chi connectivity index (χ1v) is 6.49. The Labute approximate surface area is 125 Å². The van der Waals surface area contributed by atoms with Gasteiger partial charge in [-0.25, -0.2) is 4.68 Å². The van der Waals surface area contributed by atoms with Crippen LogP contribution in [0.5, 0.6) is 11.5 Å². The third-order valence-corrected chi connectivity index (χ3v) is 3.23. The molecule has 0 fully saturated rings. The number of benzene rings is 1. The van der Waals surface area contributed by atoms with Gasteiger partial charge in [0.25, 0.3) is 0 Å². The van der Waals surface area contributed by atoms with Crippen LogP contribution in [0.4, 0.5) is 19.0 Å². The number of aromatic nitrogens is 2. The minimum atomic E-state index is -4.60. The zero-order chi connectivity index (χ0) is 16.5. The van der Waals surface area contributed by atoms with Crippen LogP contribution in [0.15, 0.2) is 18.2 Å². The summed E-state index contributed by atoms with van der Waals surface area (Å²) in [6, 6.07) is 4.46. The number of halogens is 3. The molecule has 0 atom stereocenters. The maximum Gasteiger partial charge on any atom is 0.435 e. The molecule has 1 aromatic carbocycles. The molecular weight excluding hydrogens is 299 g/mol. The molecule has 2 aromatic rings. The SMILES string of the molecule is CCn1nc(C(F)(F)F)c(-c2ccc(OC)c(OC)c2)c1N. The van der Waals surface area contributed by atoms with Crippen molar-refractivity contribution in [3.05, 3.63) is 23.9 Å². The summed E-state index contributed by atoms with van der Waals surface area (Å²) in [5, 5.41) is 3.57. The first-order valence-electron chi connectivity index (χ1n) is 6.49. The van der Waals surface area contributed by atoms with Gasteiger partial charge < -0.3 is 15.2 Å². The largest absolute Gasteiger partial charge is 0.493 e. The number of nitrogen functional groups attached to an aromatic ring is 1. The van der Waals surface area contributed by atoms with Crippen LogP contribution in [-0.4, -0.2) is 24.0 Å². The minimum absolute atomic E-state index is 0.0398. The lowest BCUT2D eigenvalue weighted by molar-refractivity contribution is -0.141. The highest BCUT2D eigenvalue weighted by Gasteiger charge is 2.39. The summed E-state index contributed by atoms with van der Waals surface area (Å²) in [5.74, 6) is 0.695. The molecular formula is C14H16F3N3O2. The Morgan fingerprint density at radius 2 is 1.82 bits per heavy atom. The second-order valence-corrected chi connectivity index (χ2v) is 4.49. The molecule has 0 saturated carbocycles. The monoisotopic (exact) mass is 315 g/mol. The van der Waals surface area contributed by atoms with E-state index in [9.17, 15) is 13.2 Å². The van der Waals surface area contributed by atoms with Crippen LogP contribution in [0.25, 0.3) is 11.1 Å². The average Bonchev–Trinajstić information content (AvgIpc) is 2.83. The van der Waals surface area contributed by atoms with Gasteiger partial charge in [0.1, 0.15) is 5.82 Å². The molecule has 2 N–H and O–H groups in total. The van der Waals surface area contributed by atoms with Crippen molar-refractivity contribution in [2.24, 2.45) is 0 Å². The first kappa shape index (κ1) is 16.0. The van der Waals surface area contributed by atoms with Crippen LogP contribution in [0.2, 0.25) is 0 Å². The molecule has 0 amide bonds. The first-order chi connectivity index (χ1) is 10.3. The fraction of sp³-hybridized carbons (Fsp3) is 0.357. The maximum absolute atomic E-state index is 13.2. The Morgan fingerprint density at radius 1 is 1.18 bits per heavy atom. The molecule has 0 saturated heterocycles. The second kappa shape index (κ2) is 5.78. The predicted molar refractivity (Wildman–Crippen MR) is 75.9 cm³/mol. The molecule has 0 aliphatic rings. The number of nitrogens with two attached hydrogens (primary N) is 1. The lowest BCUT2D eigenvalue weighted by Crippen LogP contribution is -2.08. The lowest BCUT2D eigenvalue weighted by Gasteiger charge is -2.11. The van der Waals surface area contributed by atoms with E-state index < -0.39 is 11.9 Å². The zero-order valence-corrected chi connectivity index (χ0v) is 12.4. The number of aryl methyl sites for hydroxylation is 1. The molecule has 0 radical (unpaired) electrons. The van der Waals surface area contributed by atoms with E-state index in [-0.39, 0.29) is 23.5 Å². The van der Waals surface area contributed by atoms with Crippen molar-refractivity contribution in [2.75, 3.05) is 20.0 Å². The van der Waals surface area contributed by atoms with Gasteiger partial charge in [0.05, 0.1) is 19.8 Å². The molecule has 8 heteroatoms. The summed E-state index contributed by atoms with van der Waals surface area (Å²) in [7, 11) is 2.85.